The number of likely N-dealkylation sites (N-methyl/N-ethyl adjacent to an activating group) is 1. The summed E-state index contributed by atoms with van der Waals surface area (Å²) in [6, 6.07) is 9.75. The third-order valence-corrected chi connectivity index (χ3v) is 3.33. The molecule has 1 unspecified atom stereocenters. The molecule has 3 heteroatoms. The van der Waals surface area contributed by atoms with Crippen molar-refractivity contribution in [2.45, 2.75) is 32.2 Å². The van der Waals surface area contributed by atoms with Gasteiger partial charge in [-0.1, -0.05) is 30.3 Å². The van der Waals surface area contributed by atoms with Gasteiger partial charge in [0.25, 0.3) is 0 Å². The maximum atomic E-state index is 11.6. The minimum atomic E-state index is -0.861. The largest absolute Gasteiger partial charge is 0.481 e. The Labute approximate surface area is 103 Å². The van der Waals surface area contributed by atoms with Crippen LogP contribution in [0.15, 0.2) is 30.3 Å². The molecule has 0 aliphatic rings. The molecule has 0 amide bonds. The van der Waals surface area contributed by atoms with Crippen molar-refractivity contribution < 1.29 is 9.90 Å². The summed E-state index contributed by atoms with van der Waals surface area (Å²) in [6.45, 7) is 6.41. The second kappa shape index (κ2) is 5.32. The normalized spacial score (nSPS) is 14.9. The molecule has 0 fully saturated rings. The summed E-state index contributed by atoms with van der Waals surface area (Å²) >= 11 is 0. The number of aliphatic carboxylic acids is 1. The molecule has 0 saturated carbocycles. The molecule has 1 atom stereocenters. The number of hydrogen-bond acceptors (Lipinski definition) is 2. The van der Waals surface area contributed by atoms with Crippen molar-refractivity contribution in [2.24, 2.45) is 0 Å². The highest BCUT2D eigenvalue weighted by atomic mass is 16.4. The molecule has 0 aliphatic carbocycles. The minimum Gasteiger partial charge on any atom is -0.481 e. The second-order valence-corrected chi connectivity index (χ2v) is 5.01. The van der Waals surface area contributed by atoms with E-state index in [0.29, 0.717) is 12.6 Å². The van der Waals surface area contributed by atoms with E-state index in [9.17, 15) is 9.90 Å². The van der Waals surface area contributed by atoms with Crippen molar-refractivity contribution in [3.63, 3.8) is 0 Å². The van der Waals surface area contributed by atoms with Crippen LogP contribution in [-0.2, 0) is 10.2 Å². The van der Waals surface area contributed by atoms with E-state index in [0.717, 1.165) is 5.56 Å². The Hall–Kier alpha value is -1.35. The number of carboxylic acid groups (broad SMARTS) is 1. The first kappa shape index (κ1) is 13.7. The average molecular weight is 235 g/mol. The molecular weight excluding hydrogens is 214 g/mol. The van der Waals surface area contributed by atoms with E-state index in [1.54, 1.807) is 6.92 Å². The van der Waals surface area contributed by atoms with Gasteiger partial charge in [0.15, 0.2) is 0 Å². The molecule has 1 rings (SSSR count). The fraction of sp³-hybridized carbons (Fsp3) is 0.500. The number of carboxylic acids is 1. The van der Waals surface area contributed by atoms with Crippen LogP contribution in [0, 0.1) is 0 Å². The molecule has 0 aliphatic heterocycles. The lowest BCUT2D eigenvalue weighted by molar-refractivity contribution is -0.144. The van der Waals surface area contributed by atoms with Gasteiger partial charge in [0.1, 0.15) is 5.41 Å². The summed E-state index contributed by atoms with van der Waals surface area (Å²) in [6.07, 6.45) is 0. The standard InChI is InChI=1S/C14H21NO2/c1-11(2)15(4)10-14(3,13(16)17)12-8-6-5-7-9-12/h5-9,11H,10H2,1-4H3,(H,16,17). The Kier molecular flexibility index (Phi) is 4.29. The number of rotatable bonds is 5. The van der Waals surface area contributed by atoms with Gasteiger partial charge in [-0.05, 0) is 33.4 Å². The van der Waals surface area contributed by atoms with E-state index in [2.05, 4.69) is 18.7 Å². The van der Waals surface area contributed by atoms with Crippen LogP contribution in [0.2, 0.25) is 0 Å². The highest BCUT2D eigenvalue weighted by Crippen LogP contribution is 2.25. The monoisotopic (exact) mass is 235 g/mol. The quantitative estimate of drug-likeness (QED) is 0.851. The van der Waals surface area contributed by atoms with Crippen molar-refractivity contribution in [1.29, 1.82) is 0 Å². The molecule has 0 saturated heterocycles. The van der Waals surface area contributed by atoms with Gasteiger partial charge in [0.2, 0.25) is 0 Å². The fourth-order valence-electron chi connectivity index (χ4n) is 1.77. The van der Waals surface area contributed by atoms with Gasteiger partial charge >= 0.3 is 5.97 Å². The van der Waals surface area contributed by atoms with E-state index in [1.807, 2.05) is 37.4 Å². The van der Waals surface area contributed by atoms with E-state index < -0.39 is 11.4 Å². The Morgan fingerprint density at radius 3 is 2.29 bits per heavy atom. The van der Waals surface area contributed by atoms with Crippen LogP contribution < -0.4 is 0 Å². The van der Waals surface area contributed by atoms with Crippen LogP contribution in [0.5, 0.6) is 0 Å². The zero-order valence-electron chi connectivity index (χ0n) is 11.0. The van der Waals surface area contributed by atoms with Crippen molar-refractivity contribution in [2.75, 3.05) is 13.6 Å². The summed E-state index contributed by atoms with van der Waals surface area (Å²) in [5.41, 5.74) is -0.0136. The molecule has 0 spiro atoms. The van der Waals surface area contributed by atoms with Gasteiger partial charge in [-0.2, -0.15) is 0 Å². The van der Waals surface area contributed by atoms with Gasteiger partial charge < -0.3 is 10.0 Å². The molecule has 1 aromatic rings. The molecule has 0 heterocycles. The Morgan fingerprint density at radius 1 is 1.35 bits per heavy atom. The zero-order chi connectivity index (χ0) is 13.1. The van der Waals surface area contributed by atoms with Crippen molar-refractivity contribution >= 4 is 5.97 Å². The molecule has 94 valence electrons. The van der Waals surface area contributed by atoms with E-state index in [-0.39, 0.29) is 0 Å². The summed E-state index contributed by atoms with van der Waals surface area (Å²) in [5, 5.41) is 9.49. The number of hydrogen-bond donors (Lipinski definition) is 1. The lowest BCUT2D eigenvalue weighted by Gasteiger charge is -2.32. The predicted octanol–water partition coefficient (Wildman–Crippen LogP) is 2.37. The molecule has 0 radical (unpaired) electrons. The summed E-state index contributed by atoms with van der Waals surface area (Å²) in [4.78, 5) is 13.6. The van der Waals surface area contributed by atoms with Gasteiger partial charge in [0.05, 0.1) is 0 Å². The lowest BCUT2D eigenvalue weighted by Crippen LogP contribution is -2.45. The summed E-state index contributed by atoms with van der Waals surface area (Å²) < 4.78 is 0. The lowest BCUT2D eigenvalue weighted by atomic mass is 9.82. The summed E-state index contributed by atoms with van der Waals surface area (Å²) in [5.74, 6) is -0.781. The van der Waals surface area contributed by atoms with Crippen LogP contribution in [0.1, 0.15) is 26.3 Å². The third kappa shape index (κ3) is 3.07. The molecule has 1 N–H and O–H groups in total. The van der Waals surface area contributed by atoms with E-state index >= 15 is 0 Å². The average Bonchev–Trinajstić information content (AvgIpc) is 2.29. The molecule has 0 aromatic heterocycles. The Balaban J connectivity index is 3.03. The third-order valence-electron chi connectivity index (χ3n) is 3.33. The van der Waals surface area contributed by atoms with E-state index in [1.165, 1.54) is 0 Å². The van der Waals surface area contributed by atoms with Crippen LogP contribution in [0.4, 0.5) is 0 Å². The van der Waals surface area contributed by atoms with Gasteiger partial charge in [-0.3, -0.25) is 4.79 Å². The molecule has 0 bridgehead atoms. The molecule has 3 nitrogen and oxygen atoms in total. The molecule has 1 aromatic carbocycles. The first-order valence-electron chi connectivity index (χ1n) is 5.87. The topological polar surface area (TPSA) is 40.5 Å². The van der Waals surface area contributed by atoms with Crippen molar-refractivity contribution in [1.82, 2.24) is 4.90 Å². The predicted molar refractivity (Wildman–Crippen MR) is 69.2 cm³/mol. The van der Waals surface area contributed by atoms with Gasteiger partial charge in [-0.25, -0.2) is 0 Å². The van der Waals surface area contributed by atoms with Crippen LogP contribution in [0.25, 0.3) is 0 Å². The number of nitrogens with zero attached hydrogens (tertiary/aromatic N) is 1. The highest BCUT2D eigenvalue weighted by Gasteiger charge is 2.36. The summed E-state index contributed by atoms with van der Waals surface area (Å²) in [7, 11) is 1.95. The van der Waals surface area contributed by atoms with Gasteiger partial charge in [-0.15, -0.1) is 0 Å². The Bertz CT molecular complexity index is 375. The molecule has 17 heavy (non-hydrogen) atoms. The maximum Gasteiger partial charge on any atom is 0.315 e. The Morgan fingerprint density at radius 2 is 1.88 bits per heavy atom. The smallest absolute Gasteiger partial charge is 0.315 e. The number of carbonyl (C=O) groups is 1. The second-order valence-electron chi connectivity index (χ2n) is 5.01. The number of benzene rings is 1. The first-order chi connectivity index (χ1) is 7.88. The first-order valence-corrected chi connectivity index (χ1v) is 5.87. The van der Waals surface area contributed by atoms with Gasteiger partial charge in [0, 0.05) is 12.6 Å². The van der Waals surface area contributed by atoms with Crippen molar-refractivity contribution in [3.8, 4) is 0 Å². The van der Waals surface area contributed by atoms with Crippen LogP contribution >= 0.6 is 0 Å². The molecular formula is C14H21NO2. The fourth-order valence-corrected chi connectivity index (χ4v) is 1.77. The van der Waals surface area contributed by atoms with Crippen LogP contribution in [0.3, 0.4) is 0 Å². The zero-order valence-corrected chi connectivity index (χ0v) is 11.0. The SMILES string of the molecule is CC(C)N(C)CC(C)(C(=O)O)c1ccccc1. The highest BCUT2D eigenvalue weighted by molar-refractivity contribution is 5.81. The maximum absolute atomic E-state index is 11.6. The van der Waals surface area contributed by atoms with Crippen molar-refractivity contribution in [3.05, 3.63) is 35.9 Å². The minimum absolute atomic E-state index is 0.331. The van der Waals surface area contributed by atoms with E-state index in [4.69, 9.17) is 0 Å². The van der Waals surface area contributed by atoms with Crippen LogP contribution in [-0.4, -0.2) is 35.6 Å².